The number of carbonyl (C=O) groups is 1. The minimum Gasteiger partial charge on any atom is -0.394 e. The Balaban J connectivity index is 3.30. The molecule has 352 valence electrons. The number of allylic oxidation sites excluding steroid dienone is 1. The van der Waals surface area contributed by atoms with Crippen molar-refractivity contribution in [3.63, 3.8) is 0 Å². The lowest BCUT2D eigenvalue weighted by Crippen LogP contribution is -2.45. The molecule has 2 atom stereocenters. The van der Waals surface area contributed by atoms with Gasteiger partial charge >= 0.3 is 0 Å². The van der Waals surface area contributed by atoms with Gasteiger partial charge in [0.15, 0.2) is 0 Å². The van der Waals surface area contributed by atoms with Crippen molar-refractivity contribution in [3.8, 4) is 0 Å². The number of amides is 1. The third-order valence-electron chi connectivity index (χ3n) is 13.0. The molecule has 0 radical (unpaired) electrons. The summed E-state index contributed by atoms with van der Waals surface area (Å²) in [5.41, 5.74) is 0. The molecule has 0 fully saturated rings. The van der Waals surface area contributed by atoms with Crippen LogP contribution in [-0.4, -0.2) is 34.9 Å². The summed E-state index contributed by atoms with van der Waals surface area (Å²) in [4.78, 5) is 12.4. The average molecular weight is 832 g/mol. The van der Waals surface area contributed by atoms with E-state index in [-0.39, 0.29) is 12.5 Å². The van der Waals surface area contributed by atoms with Gasteiger partial charge in [0.25, 0.3) is 0 Å². The molecule has 0 aliphatic heterocycles. The molecule has 0 heterocycles. The summed E-state index contributed by atoms with van der Waals surface area (Å²) in [6.45, 7) is 4.31. The van der Waals surface area contributed by atoms with Crippen molar-refractivity contribution in [2.75, 3.05) is 6.61 Å². The van der Waals surface area contributed by atoms with Crippen molar-refractivity contribution >= 4 is 5.91 Å². The number of hydrogen-bond acceptors (Lipinski definition) is 3. The van der Waals surface area contributed by atoms with Crippen LogP contribution in [0.4, 0.5) is 0 Å². The zero-order chi connectivity index (χ0) is 42.8. The van der Waals surface area contributed by atoms with Crippen molar-refractivity contribution < 1.29 is 15.0 Å². The van der Waals surface area contributed by atoms with E-state index in [9.17, 15) is 15.0 Å². The van der Waals surface area contributed by atoms with Crippen molar-refractivity contribution in [2.45, 2.75) is 328 Å². The van der Waals surface area contributed by atoms with Crippen molar-refractivity contribution in [2.24, 2.45) is 0 Å². The molecule has 0 aromatic heterocycles. The van der Waals surface area contributed by atoms with Crippen LogP contribution in [0.1, 0.15) is 316 Å². The molecular formula is C55H109NO3. The van der Waals surface area contributed by atoms with Gasteiger partial charge in [0.2, 0.25) is 5.91 Å². The van der Waals surface area contributed by atoms with Crippen LogP contribution in [0.3, 0.4) is 0 Å². The van der Waals surface area contributed by atoms with Gasteiger partial charge in [0.05, 0.1) is 18.8 Å². The number of unbranched alkanes of at least 4 members (excludes halogenated alkanes) is 44. The molecule has 0 aromatic carbocycles. The number of rotatable bonds is 51. The summed E-state index contributed by atoms with van der Waals surface area (Å²) in [7, 11) is 0. The first-order chi connectivity index (χ1) is 29.2. The highest BCUT2D eigenvalue weighted by Crippen LogP contribution is 2.18. The molecular weight excluding hydrogens is 723 g/mol. The summed E-state index contributed by atoms with van der Waals surface area (Å²) < 4.78 is 0. The van der Waals surface area contributed by atoms with Crippen molar-refractivity contribution in [1.82, 2.24) is 5.32 Å². The topological polar surface area (TPSA) is 69.6 Å². The van der Waals surface area contributed by atoms with Crippen LogP contribution in [0.15, 0.2) is 12.2 Å². The Morgan fingerprint density at radius 1 is 0.390 bits per heavy atom. The molecule has 1 amide bonds. The van der Waals surface area contributed by atoms with Gasteiger partial charge in [-0.3, -0.25) is 4.79 Å². The molecule has 4 heteroatoms. The van der Waals surface area contributed by atoms with Gasteiger partial charge in [-0.05, 0) is 19.3 Å². The van der Waals surface area contributed by atoms with Crippen LogP contribution in [0.5, 0.6) is 0 Å². The Kier molecular flexibility index (Phi) is 50.7. The van der Waals surface area contributed by atoms with Gasteiger partial charge in [0, 0.05) is 6.42 Å². The van der Waals surface area contributed by atoms with Gasteiger partial charge in [-0.15, -0.1) is 0 Å². The van der Waals surface area contributed by atoms with Crippen LogP contribution in [0.2, 0.25) is 0 Å². The van der Waals surface area contributed by atoms with Crippen LogP contribution in [0, 0.1) is 0 Å². The van der Waals surface area contributed by atoms with Gasteiger partial charge < -0.3 is 15.5 Å². The van der Waals surface area contributed by atoms with Crippen LogP contribution in [0.25, 0.3) is 0 Å². The predicted octanol–water partition coefficient (Wildman–Crippen LogP) is 17.8. The monoisotopic (exact) mass is 832 g/mol. The average Bonchev–Trinajstić information content (AvgIpc) is 3.24. The molecule has 0 aromatic rings. The van der Waals surface area contributed by atoms with Gasteiger partial charge in [-0.1, -0.05) is 302 Å². The molecule has 59 heavy (non-hydrogen) atoms. The number of nitrogens with one attached hydrogen (secondary N) is 1. The van der Waals surface area contributed by atoms with E-state index >= 15 is 0 Å². The fraction of sp³-hybridized carbons (Fsp3) is 0.945. The lowest BCUT2D eigenvalue weighted by Gasteiger charge is -2.20. The Morgan fingerprint density at radius 3 is 0.881 bits per heavy atom. The fourth-order valence-corrected chi connectivity index (χ4v) is 8.83. The normalized spacial score (nSPS) is 12.8. The Morgan fingerprint density at radius 2 is 0.627 bits per heavy atom. The van der Waals surface area contributed by atoms with Gasteiger partial charge in [-0.25, -0.2) is 0 Å². The molecule has 3 N–H and O–H groups in total. The third-order valence-corrected chi connectivity index (χ3v) is 13.0. The van der Waals surface area contributed by atoms with Gasteiger partial charge in [0.1, 0.15) is 0 Å². The second-order valence-corrected chi connectivity index (χ2v) is 19.0. The van der Waals surface area contributed by atoms with Gasteiger partial charge in [-0.2, -0.15) is 0 Å². The van der Waals surface area contributed by atoms with E-state index in [1.165, 1.54) is 270 Å². The Labute approximate surface area is 371 Å². The maximum Gasteiger partial charge on any atom is 0.220 e. The van der Waals surface area contributed by atoms with E-state index in [0.29, 0.717) is 6.42 Å². The molecule has 2 unspecified atom stereocenters. The smallest absolute Gasteiger partial charge is 0.220 e. The maximum atomic E-state index is 12.4. The summed E-state index contributed by atoms with van der Waals surface area (Å²) in [5.74, 6) is -0.0602. The second kappa shape index (κ2) is 51.5. The first kappa shape index (κ1) is 58.1. The second-order valence-electron chi connectivity index (χ2n) is 19.0. The zero-order valence-corrected chi connectivity index (χ0v) is 40.6. The minimum atomic E-state index is -0.832. The summed E-state index contributed by atoms with van der Waals surface area (Å²) >= 11 is 0. The quantitative estimate of drug-likeness (QED) is 0.0422. The standard InChI is InChI=1S/C55H109NO3/c1-3-5-7-9-11-13-14-15-16-17-18-19-20-21-22-23-24-25-26-27-28-29-30-31-32-33-34-35-36-37-38-39-40-41-43-45-47-49-51-55(59)56-53(52-57)54(58)50-48-46-44-42-12-10-8-6-4-2/h48,50,53-54,57-58H,3-47,49,51-52H2,1-2H3,(H,56,59)/b50-48+. The third kappa shape index (κ3) is 48.0. The highest BCUT2D eigenvalue weighted by atomic mass is 16.3. The predicted molar refractivity (Wildman–Crippen MR) is 263 cm³/mol. The molecule has 0 spiro atoms. The number of aliphatic hydroxyl groups is 2. The number of hydrogen-bond donors (Lipinski definition) is 3. The molecule has 0 saturated heterocycles. The van der Waals surface area contributed by atoms with E-state index in [4.69, 9.17) is 0 Å². The fourth-order valence-electron chi connectivity index (χ4n) is 8.83. The van der Waals surface area contributed by atoms with E-state index < -0.39 is 12.1 Å². The SMILES string of the molecule is CCCCCCCCC/C=C/C(O)C(CO)NC(=O)CCCCCCCCCCCCCCCCCCCCCCCCCCCCCCCCCCCCCCCC. The molecule has 0 aliphatic carbocycles. The maximum absolute atomic E-state index is 12.4. The molecule has 0 rings (SSSR count). The van der Waals surface area contributed by atoms with E-state index in [0.717, 1.165) is 25.7 Å². The molecule has 0 bridgehead atoms. The molecule has 4 nitrogen and oxygen atoms in total. The van der Waals surface area contributed by atoms with E-state index in [1.54, 1.807) is 6.08 Å². The summed E-state index contributed by atoms with van der Waals surface area (Å²) in [6, 6.07) is -0.615. The minimum absolute atomic E-state index is 0.0602. The highest BCUT2D eigenvalue weighted by Gasteiger charge is 2.18. The lowest BCUT2D eigenvalue weighted by atomic mass is 10.0. The number of aliphatic hydroxyl groups excluding tert-OH is 2. The summed E-state index contributed by atoms with van der Waals surface area (Å²) in [6.07, 6.45) is 66.9. The molecule has 0 saturated carbocycles. The first-order valence-electron chi connectivity index (χ1n) is 27.4. The lowest BCUT2D eigenvalue weighted by molar-refractivity contribution is -0.123. The Hall–Kier alpha value is -0.870. The first-order valence-corrected chi connectivity index (χ1v) is 27.4. The zero-order valence-electron chi connectivity index (χ0n) is 40.6. The van der Waals surface area contributed by atoms with E-state index in [1.807, 2.05) is 6.08 Å². The van der Waals surface area contributed by atoms with Crippen molar-refractivity contribution in [3.05, 3.63) is 12.2 Å². The van der Waals surface area contributed by atoms with Crippen molar-refractivity contribution in [1.29, 1.82) is 0 Å². The van der Waals surface area contributed by atoms with Crippen LogP contribution in [-0.2, 0) is 4.79 Å². The van der Waals surface area contributed by atoms with E-state index in [2.05, 4.69) is 19.2 Å². The summed E-state index contributed by atoms with van der Waals surface area (Å²) in [5, 5.41) is 22.9. The van der Waals surface area contributed by atoms with Crippen LogP contribution >= 0.6 is 0 Å². The Bertz CT molecular complexity index is 814. The largest absolute Gasteiger partial charge is 0.394 e. The highest BCUT2D eigenvalue weighted by molar-refractivity contribution is 5.76. The molecule has 0 aliphatic rings. The van der Waals surface area contributed by atoms with Crippen LogP contribution < -0.4 is 5.32 Å². The number of carbonyl (C=O) groups excluding carboxylic acids is 1.